The van der Waals surface area contributed by atoms with Gasteiger partial charge in [0, 0.05) is 0 Å². The zero-order chi connectivity index (χ0) is 19.9. The van der Waals surface area contributed by atoms with Crippen molar-refractivity contribution in [1.82, 2.24) is 4.13 Å². The van der Waals surface area contributed by atoms with Crippen LogP contribution in [0.4, 0.5) is 13.2 Å². The van der Waals surface area contributed by atoms with Gasteiger partial charge in [0.05, 0.1) is 6.61 Å². The van der Waals surface area contributed by atoms with Crippen LogP contribution >= 0.6 is 0 Å². The highest BCUT2D eigenvalue weighted by Crippen LogP contribution is 2.38. The van der Waals surface area contributed by atoms with Gasteiger partial charge in [0.1, 0.15) is 24.6 Å². The second-order valence-corrected chi connectivity index (χ2v) is 9.29. The number of nitrogens with one attached hydrogen (secondary N) is 1. The van der Waals surface area contributed by atoms with Gasteiger partial charge < -0.3 is 9.47 Å². The summed E-state index contributed by atoms with van der Waals surface area (Å²) in [6, 6.07) is 4.84. The molecule has 0 amide bonds. The smallest absolute Gasteiger partial charge is 0.490 e. The maximum absolute atomic E-state index is 12.4. The number of rotatable bonds is 7. The number of hydrogen-bond donors (Lipinski definition) is 1. The molecule has 152 valence electrons. The first-order chi connectivity index (χ1) is 12.5. The monoisotopic (exact) mass is 431 g/mol. The average Bonchev–Trinajstić information content (AvgIpc) is 3.35. The Morgan fingerprint density at radius 3 is 2.56 bits per heavy atom. The van der Waals surface area contributed by atoms with E-state index in [9.17, 15) is 30.0 Å². The van der Waals surface area contributed by atoms with Gasteiger partial charge in [-0.05, 0) is 36.5 Å². The zero-order valence-electron chi connectivity index (χ0n) is 13.7. The fraction of sp³-hybridized carbons (Fsp3) is 0.571. The summed E-state index contributed by atoms with van der Waals surface area (Å²) in [5.74, 6) is 0.504. The molecular weight excluding hydrogens is 415 g/mol. The maximum Gasteiger partial charge on any atom is 0.512 e. The lowest BCUT2D eigenvalue weighted by molar-refractivity contribution is -0.0442. The molecule has 1 aromatic carbocycles. The lowest BCUT2D eigenvalue weighted by Crippen LogP contribution is -2.41. The topological polar surface area (TPSA) is 111 Å². The van der Waals surface area contributed by atoms with Crippen molar-refractivity contribution in [2.24, 2.45) is 0 Å². The van der Waals surface area contributed by atoms with E-state index in [0.717, 1.165) is 0 Å². The lowest BCUT2D eigenvalue weighted by atomic mass is 9.89. The first-order valence-corrected chi connectivity index (χ1v) is 10.8. The van der Waals surface area contributed by atoms with E-state index in [2.05, 4.69) is 0 Å². The highest BCUT2D eigenvalue weighted by Gasteiger charge is 2.49. The summed E-state index contributed by atoms with van der Waals surface area (Å²) in [7, 11) is -11.3. The second-order valence-electron chi connectivity index (χ2n) is 6.05. The summed E-state index contributed by atoms with van der Waals surface area (Å²) in [4.78, 5) is 0. The van der Waals surface area contributed by atoms with Crippen molar-refractivity contribution < 1.29 is 43.7 Å². The van der Waals surface area contributed by atoms with Gasteiger partial charge in [-0.2, -0.15) is 21.6 Å². The fourth-order valence-corrected chi connectivity index (χ4v) is 4.82. The molecule has 0 spiro atoms. The molecule has 1 aliphatic heterocycles. The van der Waals surface area contributed by atoms with Crippen LogP contribution in [-0.2, 0) is 35.7 Å². The Labute approximate surface area is 153 Å². The third-order valence-electron chi connectivity index (χ3n) is 4.00. The second kappa shape index (κ2) is 7.20. The fourth-order valence-electron chi connectivity index (χ4n) is 2.71. The molecule has 2 unspecified atom stereocenters. The van der Waals surface area contributed by atoms with Crippen LogP contribution in [0.3, 0.4) is 0 Å². The molecule has 3 rings (SSSR count). The zero-order valence-corrected chi connectivity index (χ0v) is 15.4. The minimum atomic E-state index is -6.10. The minimum absolute atomic E-state index is 0.00801. The molecular formula is C14H16F3NO7S2. The molecule has 1 aromatic rings. The quantitative estimate of drug-likeness (QED) is 0.652. The Kier molecular flexibility index (Phi) is 5.42. The van der Waals surface area contributed by atoms with Gasteiger partial charge in [0.2, 0.25) is 0 Å². The molecule has 27 heavy (non-hydrogen) atoms. The Morgan fingerprint density at radius 2 is 1.93 bits per heavy atom. The van der Waals surface area contributed by atoms with Crippen LogP contribution in [0.15, 0.2) is 18.2 Å². The molecule has 1 fully saturated rings. The van der Waals surface area contributed by atoms with Crippen LogP contribution in [-0.4, -0.2) is 41.7 Å². The van der Waals surface area contributed by atoms with Crippen molar-refractivity contribution in [2.75, 3.05) is 13.2 Å². The van der Waals surface area contributed by atoms with E-state index in [1.807, 2.05) is 0 Å². The molecule has 1 aliphatic carbocycles. The third kappa shape index (κ3) is 4.90. The molecule has 0 aromatic heterocycles. The number of benzene rings is 1. The Bertz CT molecular complexity index is 911. The summed E-state index contributed by atoms with van der Waals surface area (Å²) < 4.78 is 98.9. The third-order valence-corrected chi connectivity index (χ3v) is 6.78. The van der Waals surface area contributed by atoms with Crippen LogP contribution in [0.25, 0.3) is 0 Å². The van der Waals surface area contributed by atoms with E-state index in [1.54, 1.807) is 18.2 Å². The first kappa shape index (κ1) is 20.3. The van der Waals surface area contributed by atoms with Gasteiger partial charge in [-0.3, -0.25) is 0 Å². The highest BCUT2D eigenvalue weighted by molar-refractivity contribution is 8.03. The molecule has 1 N–H and O–H groups in total. The number of alkyl halides is 3. The van der Waals surface area contributed by atoms with Crippen molar-refractivity contribution in [1.29, 1.82) is 0 Å². The number of epoxide rings is 1. The van der Waals surface area contributed by atoms with Crippen LogP contribution in [0.5, 0.6) is 5.75 Å². The summed E-state index contributed by atoms with van der Waals surface area (Å²) in [6.07, 6.45) is 0.115. The molecule has 0 bridgehead atoms. The van der Waals surface area contributed by atoms with E-state index in [0.29, 0.717) is 47.1 Å². The normalized spacial score (nSPS) is 22.9. The Balaban J connectivity index is 1.78. The van der Waals surface area contributed by atoms with Crippen LogP contribution in [0, 0.1) is 0 Å². The number of hydrogen-bond acceptors (Lipinski definition) is 7. The highest BCUT2D eigenvalue weighted by atomic mass is 32.3. The van der Waals surface area contributed by atoms with Crippen molar-refractivity contribution in [3.63, 3.8) is 0 Å². The largest absolute Gasteiger partial charge is 0.512 e. The molecule has 0 saturated carbocycles. The van der Waals surface area contributed by atoms with Gasteiger partial charge in [0.15, 0.2) is 0 Å². The minimum Gasteiger partial charge on any atom is -0.490 e. The molecule has 2 aliphatic rings. The Hall–Kier alpha value is -1.41. The van der Waals surface area contributed by atoms with E-state index in [1.165, 1.54) is 0 Å². The molecule has 1 heterocycles. The van der Waals surface area contributed by atoms with Gasteiger partial charge >= 0.3 is 25.8 Å². The molecule has 0 radical (unpaired) electrons. The predicted molar refractivity (Wildman–Crippen MR) is 85.5 cm³/mol. The molecule has 2 atom stereocenters. The van der Waals surface area contributed by atoms with E-state index in [-0.39, 0.29) is 12.5 Å². The molecule has 1 saturated heterocycles. The van der Waals surface area contributed by atoms with E-state index in [4.69, 9.17) is 13.7 Å². The van der Waals surface area contributed by atoms with Gasteiger partial charge in [0.25, 0.3) is 0 Å². The van der Waals surface area contributed by atoms with Gasteiger partial charge in [-0.25, -0.2) is 12.6 Å². The van der Waals surface area contributed by atoms with Crippen LogP contribution in [0.1, 0.15) is 30.1 Å². The van der Waals surface area contributed by atoms with Crippen molar-refractivity contribution in [3.8, 4) is 5.75 Å². The van der Waals surface area contributed by atoms with Gasteiger partial charge in [-0.1, -0.05) is 16.3 Å². The predicted octanol–water partition coefficient (Wildman–Crippen LogP) is 1.54. The number of halogens is 3. The maximum atomic E-state index is 12.4. The van der Waals surface area contributed by atoms with Crippen LogP contribution in [0.2, 0.25) is 0 Å². The summed E-state index contributed by atoms with van der Waals surface area (Å²) in [5, 5.41) is 0. The standard InChI is InChI=1S/C14H16F3NO7S2/c15-14(16,17)26(19,20)18-27(21,22)25-13-6-2-3-10-11(13)4-1-5-12(10)24-8-9-7-23-9/h1,4-5,9,13,18H,2-3,6-8H2. The molecule has 8 nitrogen and oxygen atoms in total. The lowest BCUT2D eigenvalue weighted by Gasteiger charge is -2.26. The summed E-state index contributed by atoms with van der Waals surface area (Å²) in [5.41, 5.74) is -4.69. The van der Waals surface area contributed by atoms with Crippen molar-refractivity contribution in [2.45, 2.75) is 37.0 Å². The van der Waals surface area contributed by atoms with E-state index >= 15 is 0 Å². The van der Waals surface area contributed by atoms with Gasteiger partial charge in [-0.15, -0.1) is 0 Å². The molecule has 13 heteroatoms. The number of ether oxygens (including phenoxy) is 2. The first-order valence-electron chi connectivity index (χ1n) is 7.88. The Morgan fingerprint density at radius 1 is 1.22 bits per heavy atom. The van der Waals surface area contributed by atoms with Crippen LogP contribution < -0.4 is 8.86 Å². The van der Waals surface area contributed by atoms with Crippen molar-refractivity contribution in [3.05, 3.63) is 29.3 Å². The number of fused-ring (bicyclic) bond motifs is 1. The number of sulfonamides is 1. The summed E-state index contributed by atoms with van der Waals surface area (Å²) in [6.45, 7) is 0.921. The van der Waals surface area contributed by atoms with Crippen molar-refractivity contribution >= 4 is 20.3 Å². The van der Waals surface area contributed by atoms with E-state index < -0.39 is 31.9 Å². The average molecular weight is 431 g/mol. The SMILES string of the molecule is O=S(=O)(NS(=O)(=O)C(F)(F)F)OC1CCCc2c(OCC3CO3)cccc21. The summed E-state index contributed by atoms with van der Waals surface area (Å²) >= 11 is 0.